The Morgan fingerprint density at radius 3 is 2.67 bits per heavy atom. The number of amides is 1. The highest BCUT2D eigenvalue weighted by Gasteiger charge is 2.34. The van der Waals surface area contributed by atoms with E-state index < -0.39 is 7.60 Å². The van der Waals surface area contributed by atoms with Gasteiger partial charge in [-0.05, 0) is 25.2 Å². The Balaban J connectivity index is 2.79. The molecule has 0 aromatic carbocycles. The highest BCUT2D eigenvalue weighted by atomic mass is 31.2. The molecular weight excluding hydrogens is 255 g/mol. The Kier molecular flexibility index (Phi) is 5.10. The zero-order chi connectivity index (χ0) is 13.9. The lowest BCUT2D eigenvalue weighted by molar-refractivity contribution is -0.120. The first-order valence-electron chi connectivity index (χ1n) is 6.03. The van der Waals surface area contributed by atoms with Gasteiger partial charge in [-0.2, -0.15) is 0 Å². The van der Waals surface area contributed by atoms with Gasteiger partial charge in [0.25, 0.3) is 0 Å². The molecule has 0 fully saturated rings. The van der Waals surface area contributed by atoms with E-state index in [1.807, 2.05) is 6.92 Å². The summed E-state index contributed by atoms with van der Waals surface area (Å²) in [5.74, 6) is -0.0898. The molecule has 1 rings (SSSR count). The lowest BCUT2D eigenvalue weighted by Gasteiger charge is -2.34. The van der Waals surface area contributed by atoms with Crippen molar-refractivity contribution in [3.8, 4) is 0 Å². The largest absolute Gasteiger partial charge is 0.353 e. The molecule has 0 saturated heterocycles. The van der Waals surface area contributed by atoms with Crippen molar-refractivity contribution in [3.05, 3.63) is 11.4 Å². The highest BCUT2D eigenvalue weighted by molar-refractivity contribution is 7.56. The lowest BCUT2D eigenvalue weighted by atomic mass is 9.82. The molecule has 6 nitrogen and oxygen atoms in total. The first-order valence-corrected chi connectivity index (χ1v) is 7.64. The van der Waals surface area contributed by atoms with E-state index in [0.29, 0.717) is 6.42 Å². The number of hydrogen-bond acceptors (Lipinski definition) is 3. The topological polar surface area (TPSA) is 113 Å². The average molecular weight is 276 g/mol. The summed E-state index contributed by atoms with van der Waals surface area (Å²) in [6.07, 6.45) is 2.99. The monoisotopic (exact) mass is 276 g/mol. The minimum absolute atomic E-state index is 0.0224. The van der Waals surface area contributed by atoms with Gasteiger partial charge in [0.15, 0.2) is 0 Å². The maximum atomic E-state index is 11.2. The van der Waals surface area contributed by atoms with Crippen LogP contribution in [0.3, 0.4) is 0 Å². The molecule has 0 heterocycles. The molecule has 18 heavy (non-hydrogen) atoms. The van der Waals surface area contributed by atoms with Crippen LogP contribution in [0.4, 0.5) is 0 Å². The normalized spacial score (nSPS) is 26.4. The third-order valence-corrected chi connectivity index (χ3v) is 4.45. The van der Waals surface area contributed by atoms with Gasteiger partial charge < -0.3 is 20.8 Å². The molecule has 1 amide bonds. The standard InChI is InChI=1S/C11H21N2O4P/c1-3-11(13-7(2)14)9-5-4-8(6-10(9)12)18(15,16)17/h4,9-11H,3,5-6,12H2,1-2H3,(H,13,14)(H2,15,16,17)/t9-,10-,11-/m0/s1. The van der Waals surface area contributed by atoms with Crippen LogP contribution in [-0.2, 0) is 9.36 Å². The summed E-state index contributed by atoms with van der Waals surface area (Å²) in [5.41, 5.74) is 5.98. The van der Waals surface area contributed by atoms with Gasteiger partial charge in [-0.25, -0.2) is 0 Å². The molecule has 1 aliphatic rings. The van der Waals surface area contributed by atoms with Crippen molar-refractivity contribution in [2.75, 3.05) is 0 Å². The van der Waals surface area contributed by atoms with Crippen LogP contribution < -0.4 is 11.1 Å². The number of hydrogen-bond donors (Lipinski definition) is 4. The van der Waals surface area contributed by atoms with Crippen LogP contribution in [0.1, 0.15) is 33.1 Å². The number of allylic oxidation sites excluding steroid dienone is 1. The van der Waals surface area contributed by atoms with E-state index in [9.17, 15) is 9.36 Å². The van der Waals surface area contributed by atoms with Gasteiger partial charge in [0.05, 0.1) is 0 Å². The predicted molar refractivity (Wildman–Crippen MR) is 68.7 cm³/mol. The quantitative estimate of drug-likeness (QED) is 0.565. The van der Waals surface area contributed by atoms with Crippen molar-refractivity contribution >= 4 is 13.5 Å². The second-order valence-electron chi connectivity index (χ2n) is 4.72. The van der Waals surface area contributed by atoms with Crippen LogP contribution in [0.25, 0.3) is 0 Å². The maximum Gasteiger partial charge on any atom is 0.351 e. The minimum Gasteiger partial charge on any atom is -0.353 e. The van der Waals surface area contributed by atoms with E-state index >= 15 is 0 Å². The SMILES string of the molecule is CC[C@H](NC(C)=O)[C@H]1CC=C(P(=O)(O)O)C[C@@H]1N. The van der Waals surface area contributed by atoms with Crippen LogP contribution in [-0.4, -0.2) is 27.8 Å². The lowest BCUT2D eigenvalue weighted by Crippen LogP contribution is -2.47. The fourth-order valence-electron chi connectivity index (χ4n) is 2.40. The summed E-state index contributed by atoms with van der Waals surface area (Å²) in [6.45, 7) is 3.41. The van der Waals surface area contributed by atoms with Gasteiger partial charge in [0.2, 0.25) is 5.91 Å². The minimum atomic E-state index is -4.18. The molecule has 0 spiro atoms. The van der Waals surface area contributed by atoms with E-state index in [-0.39, 0.29) is 35.6 Å². The molecule has 5 N–H and O–H groups in total. The Bertz CT molecular complexity index is 391. The molecule has 0 radical (unpaired) electrons. The van der Waals surface area contributed by atoms with Crippen LogP contribution >= 0.6 is 7.60 Å². The Labute approximate surface area is 107 Å². The number of carbonyl (C=O) groups is 1. The fourth-order valence-corrected chi connectivity index (χ4v) is 3.19. The molecule has 3 atom stereocenters. The van der Waals surface area contributed by atoms with Crippen molar-refractivity contribution in [2.24, 2.45) is 11.7 Å². The molecule has 0 unspecified atom stereocenters. The number of nitrogens with two attached hydrogens (primary N) is 1. The average Bonchev–Trinajstić information content (AvgIpc) is 2.24. The molecule has 1 aliphatic carbocycles. The molecule has 0 bridgehead atoms. The van der Waals surface area contributed by atoms with Crippen molar-refractivity contribution in [1.82, 2.24) is 5.32 Å². The Morgan fingerprint density at radius 1 is 1.67 bits per heavy atom. The number of rotatable bonds is 4. The second-order valence-corrected chi connectivity index (χ2v) is 6.38. The van der Waals surface area contributed by atoms with Crippen LogP contribution in [0, 0.1) is 5.92 Å². The van der Waals surface area contributed by atoms with Crippen molar-refractivity contribution in [3.63, 3.8) is 0 Å². The smallest absolute Gasteiger partial charge is 0.351 e. The molecule has 104 valence electrons. The zero-order valence-corrected chi connectivity index (χ0v) is 11.6. The second kappa shape index (κ2) is 5.97. The van der Waals surface area contributed by atoms with Crippen LogP contribution in [0.2, 0.25) is 0 Å². The van der Waals surface area contributed by atoms with Crippen molar-refractivity contribution in [2.45, 2.75) is 45.2 Å². The number of carbonyl (C=O) groups excluding carboxylic acids is 1. The van der Waals surface area contributed by atoms with E-state index in [0.717, 1.165) is 6.42 Å². The van der Waals surface area contributed by atoms with E-state index in [1.54, 1.807) is 6.08 Å². The summed E-state index contributed by atoms with van der Waals surface area (Å²) in [4.78, 5) is 29.3. The van der Waals surface area contributed by atoms with Gasteiger partial charge >= 0.3 is 7.60 Å². The third kappa shape index (κ3) is 3.92. The third-order valence-electron chi connectivity index (χ3n) is 3.34. The first kappa shape index (κ1) is 15.4. The molecule has 0 aliphatic heterocycles. The van der Waals surface area contributed by atoms with Gasteiger partial charge in [-0.3, -0.25) is 9.36 Å². The predicted octanol–water partition coefficient (Wildman–Crippen LogP) is 0.700. The Hall–Kier alpha value is -0.680. The molecule has 0 aromatic rings. The van der Waals surface area contributed by atoms with Crippen molar-refractivity contribution < 1.29 is 19.1 Å². The molecule has 7 heteroatoms. The van der Waals surface area contributed by atoms with Gasteiger partial charge in [0, 0.05) is 24.3 Å². The summed E-state index contributed by atoms with van der Waals surface area (Å²) in [6, 6.07) is -0.388. The van der Waals surface area contributed by atoms with Gasteiger partial charge in [-0.15, -0.1) is 0 Å². The maximum absolute atomic E-state index is 11.2. The van der Waals surface area contributed by atoms with Gasteiger partial charge in [0.1, 0.15) is 0 Å². The fraction of sp³-hybridized carbons (Fsp3) is 0.727. The van der Waals surface area contributed by atoms with Crippen LogP contribution in [0.5, 0.6) is 0 Å². The molecule has 0 aromatic heterocycles. The van der Waals surface area contributed by atoms with Crippen LogP contribution in [0.15, 0.2) is 11.4 Å². The summed E-state index contributed by atoms with van der Waals surface area (Å²) in [7, 11) is -4.18. The van der Waals surface area contributed by atoms with E-state index in [1.165, 1.54) is 6.92 Å². The summed E-state index contributed by atoms with van der Waals surface area (Å²) >= 11 is 0. The Morgan fingerprint density at radius 2 is 2.28 bits per heavy atom. The first-order chi connectivity index (χ1) is 8.25. The van der Waals surface area contributed by atoms with E-state index in [4.69, 9.17) is 15.5 Å². The summed E-state index contributed by atoms with van der Waals surface area (Å²) < 4.78 is 11.2. The van der Waals surface area contributed by atoms with Gasteiger partial charge in [-0.1, -0.05) is 13.0 Å². The van der Waals surface area contributed by atoms with E-state index in [2.05, 4.69) is 5.32 Å². The van der Waals surface area contributed by atoms with Crippen molar-refractivity contribution in [1.29, 1.82) is 0 Å². The summed E-state index contributed by atoms with van der Waals surface area (Å²) in [5, 5.41) is 2.96. The zero-order valence-electron chi connectivity index (χ0n) is 10.7. The number of nitrogens with one attached hydrogen (secondary N) is 1. The molecule has 0 saturated carbocycles. The highest BCUT2D eigenvalue weighted by Crippen LogP contribution is 2.49. The molecular formula is C11H21N2O4P.